The molecule has 0 spiro atoms. The van der Waals surface area contributed by atoms with Gasteiger partial charge in [-0.15, -0.1) is 0 Å². The van der Waals surface area contributed by atoms with E-state index in [4.69, 9.17) is 9.94 Å². The summed E-state index contributed by atoms with van der Waals surface area (Å²) in [5, 5.41) is 9.93. The number of nitrogens with zero attached hydrogens (tertiary/aromatic N) is 1. The molecule has 0 radical (unpaired) electrons. The van der Waals surface area contributed by atoms with Gasteiger partial charge in [0.15, 0.2) is 0 Å². The molecule has 1 saturated heterocycles. The van der Waals surface area contributed by atoms with E-state index in [1.54, 1.807) is 0 Å². The summed E-state index contributed by atoms with van der Waals surface area (Å²) in [5.41, 5.74) is 0. The van der Waals surface area contributed by atoms with Gasteiger partial charge in [-0.25, -0.2) is 0 Å². The lowest BCUT2D eigenvalue weighted by molar-refractivity contribution is -0.143. The summed E-state index contributed by atoms with van der Waals surface area (Å²) in [5.74, 6) is 0.167. The summed E-state index contributed by atoms with van der Waals surface area (Å²) in [6, 6.07) is 0. The van der Waals surface area contributed by atoms with Crippen LogP contribution in [0, 0.1) is 0 Å². The quantitative estimate of drug-likeness (QED) is 0.555. The molecule has 1 heterocycles. The smallest absolute Gasteiger partial charge is 0.126 e. The molecule has 0 unspecified atom stereocenters. The topological polar surface area (TPSA) is 49.8 Å². The van der Waals surface area contributed by atoms with Gasteiger partial charge in [-0.3, -0.25) is 0 Å². The number of rotatable bonds is 0. The SMILES string of the molecule is CC(C)=O.ON1CCOCC1. The summed E-state index contributed by atoms with van der Waals surface area (Å²) < 4.78 is 4.94. The third-order valence-electron chi connectivity index (χ3n) is 0.987. The maximum absolute atomic E-state index is 9.44. The van der Waals surface area contributed by atoms with Crippen LogP contribution < -0.4 is 0 Å². The maximum atomic E-state index is 9.44. The van der Waals surface area contributed by atoms with Crippen molar-refractivity contribution in [2.24, 2.45) is 0 Å². The number of morpholine rings is 1. The van der Waals surface area contributed by atoms with Crippen LogP contribution in [0.25, 0.3) is 0 Å². The number of Topliss-reactive ketones (excluding diaryl/α,β-unsaturated/α-hetero) is 1. The van der Waals surface area contributed by atoms with Crippen LogP contribution in [0.15, 0.2) is 0 Å². The van der Waals surface area contributed by atoms with Crippen LogP contribution in [0.4, 0.5) is 0 Å². The number of hydroxylamine groups is 2. The zero-order valence-corrected chi connectivity index (χ0v) is 7.04. The molecular weight excluding hydrogens is 146 g/mol. The Kier molecular flexibility index (Phi) is 6.02. The van der Waals surface area contributed by atoms with E-state index in [1.165, 1.54) is 18.9 Å². The van der Waals surface area contributed by atoms with Crippen molar-refractivity contribution in [2.45, 2.75) is 13.8 Å². The Balaban J connectivity index is 0.000000218. The van der Waals surface area contributed by atoms with Crippen molar-refractivity contribution in [3.8, 4) is 0 Å². The van der Waals surface area contributed by atoms with Gasteiger partial charge >= 0.3 is 0 Å². The predicted molar refractivity (Wildman–Crippen MR) is 40.5 cm³/mol. The zero-order valence-electron chi connectivity index (χ0n) is 7.04. The van der Waals surface area contributed by atoms with Gasteiger partial charge in [0.25, 0.3) is 0 Å². The Morgan fingerprint density at radius 2 is 1.73 bits per heavy atom. The molecule has 11 heavy (non-hydrogen) atoms. The van der Waals surface area contributed by atoms with E-state index in [0.29, 0.717) is 26.3 Å². The molecule has 1 aliphatic rings. The molecule has 0 saturated carbocycles. The first-order valence-electron chi connectivity index (χ1n) is 3.61. The lowest BCUT2D eigenvalue weighted by Crippen LogP contribution is -2.33. The molecule has 4 heteroatoms. The van der Waals surface area contributed by atoms with Crippen LogP contribution in [-0.2, 0) is 9.53 Å². The van der Waals surface area contributed by atoms with Gasteiger partial charge in [0.1, 0.15) is 5.78 Å². The first kappa shape index (κ1) is 10.6. The van der Waals surface area contributed by atoms with Gasteiger partial charge in [-0.05, 0) is 13.8 Å². The fraction of sp³-hybridized carbons (Fsp3) is 0.857. The van der Waals surface area contributed by atoms with Crippen molar-refractivity contribution in [1.82, 2.24) is 5.06 Å². The molecule has 1 N–H and O–H groups in total. The minimum absolute atomic E-state index is 0.167. The Morgan fingerprint density at radius 3 is 1.91 bits per heavy atom. The summed E-state index contributed by atoms with van der Waals surface area (Å²) in [7, 11) is 0. The molecule has 0 aromatic rings. The molecular formula is C7H15NO3. The van der Waals surface area contributed by atoms with Crippen molar-refractivity contribution in [2.75, 3.05) is 26.3 Å². The number of hydrogen-bond donors (Lipinski definition) is 1. The van der Waals surface area contributed by atoms with E-state index in [0.717, 1.165) is 0 Å². The van der Waals surface area contributed by atoms with Crippen molar-refractivity contribution in [3.05, 3.63) is 0 Å². The highest BCUT2D eigenvalue weighted by Gasteiger charge is 2.04. The minimum atomic E-state index is 0.167. The maximum Gasteiger partial charge on any atom is 0.126 e. The zero-order chi connectivity index (χ0) is 8.69. The number of ketones is 1. The van der Waals surface area contributed by atoms with E-state index in [1.807, 2.05) is 0 Å². The lowest BCUT2D eigenvalue weighted by atomic mass is 10.5. The average molecular weight is 161 g/mol. The molecule has 1 aliphatic heterocycles. The highest BCUT2D eigenvalue weighted by atomic mass is 16.5. The summed E-state index contributed by atoms with van der Waals surface area (Å²) in [6.07, 6.45) is 0. The average Bonchev–Trinajstić information content (AvgIpc) is 1.87. The van der Waals surface area contributed by atoms with Gasteiger partial charge < -0.3 is 14.7 Å². The lowest BCUT2D eigenvalue weighted by Gasteiger charge is -2.19. The third kappa shape index (κ3) is 9.55. The number of ether oxygens (including phenoxy) is 1. The Labute approximate surface area is 66.7 Å². The van der Waals surface area contributed by atoms with E-state index in [9.17, 15) is 4.79 Å². The Bertz CT molecular complexity index is 106. The molecule has 0 amide bonds. The summed E-state index contributed by atoms with van der Waals surface area (Å²) >= 11 is 0. The highest BCUT2D eigenvalue weighted by molar-refractivity contribution is 5.72. The Hall–Kier alpha value is -0.450. The van der Waals surface area contributed by atoms with Crippen LogP contribution in [0.1, 0.15) is 13.8 Å². The van der Waals surface area contributed by atoms with Crippen LogP contribution in [0.2, 0.25) is 0 Å². The van der Waals surface area contributed by atoms with Crippen LogP contribution in [0.3, 0.4) is 0 Å². The van der Waals surface area contributed by atoms with E-state index >= 15 is 0 Å². The second kappa shape index (κ2) is 6.27. The van der Waals surface area contributed by atoms with Crippen LogP contribution >= 0.6 is 0 Å². The van der Waals surface area contributed by atoms with Crippen LogP contribution in [0.5, 0.6) is 0 Å². The molecule has 0 aromatic carbocycles. The molecule has 66 valence electrons. The van der Waals surface area contributed by atoms with Crippen LogP contribution in [-0.4, -0.2) is 42.4 Å². The molecule has 0 atom stereocenters. The molecule has 0 bridgehead atoms. The van der Waals surface area contributed by atoms with Crippen molar-refractivity contribution in [3.63, 3.8) is 0 Å². The second-order valence-corrected chi connectivity index (χ2v) is 2.47. The fourth-order valence-corrected chi connectivity index (χ4v) is 0.554. The standard InChI is InChI=1S/C4H9NO2.C3H6O/c6-5-1-3-7-4-2-5;1-3(2)4/h6H,1-4H2;1-2H3. The number of carbonyl (C=O) groups excluding carboxylic acids is 1. The molecule has 1 fully saturated rings. The molecule has 4 nitrogen and oxygen atoms in total. The fourth-order valence-electron chi connectivity index (χ4n) is 0.554. The van der Waals surface area contributed by atoms with E-state index < -0.39 is 0 Å². The first-order valence-corrected chi connectivity index (χ1v) is 3.61. The third-order valence-corrected chi connectivity index (χ3v) is 0.987. The van der Waals surface area contributed by atoms with Gasteiger partial charge in [-0.2, -0.15) is 5.06 Å². The summed E-state index contributed by atoms with van der Waals surface area (Å²) in [4.78, 5) is 9.44. The minimum Gasteiger partial charge on any atom is -0.379 e. The predicted octanol–water partition coefficient (Wildman–Crippen LogP) is 0.303. The molecule has 0 aromatic heterocycles. The summed E-state index contributed by atoms with van der Waals surface area (Å²) in [6.45, 7) is 5.69. The highest BCUT2D eigenvalue weighted by Crippen LogP contribution is 1.89. The number of carbonyl (C=O) groups is 1. The van der Waals surface area contributed by atoms with Gasteiger partial charge in [-0.1, -0.05) is 0 Å². The monoisotopic (exact) mass is 161 g/mol. The van der Waals surface area contributed by atoms with E-state index in [-0.39, 0.29) is 5.78 Å². The molecule has 0 aliphatic carbocycles. The van der Waals surface area contributed by atoms with Gasteiger partial charge in [0, 0.05) is 13.1 Å². The van der Waals surface area contributed by atoms with E-state index in [2.05, 4.69) is 0 Å². The second-order valence-electron chi connectivity index (χ2n) is 2.47. The normalized spacial score (nSPS) is 18.5. The largest absolute Gasteiger partial charge is 0.379 e. The van der Waals surface area contributed by atoms with Crippen molar-refractivity contribution < 1.29 is 14.7 Å². The van der Waals surface area contributed by atoms with Crippen molar-refractivity contribution in [1.29, 1.82) is 0 Å². The first-order chi connectivity index (χ1) is 5.13. The van der Waals surface area contributed by atoms with Gasteiger partial charge in [0.2, 0.25) is 0 Å². The Morgan fingerprint density at radius 1 is 1.36 bits per heavy atom. The number of hydrogen-bond acceptors (Lipinski definition) is 4. The van der Waals surface area contributed by atoms with Crippen molar-refractivity contribution >= 4 is 5.78 Å². The molecule has 1 rings (SSSR count). The van der Waals surface area contributed by atoms with Gasteiger partial charge in [0.05, 0.1) is 13.2 Å².